The van der Waals surface area contributed by atoms with Crippen molar-refractivity contribution in [1.29, 1.82) is 0 Å². The zero-order chi connectivity index (χ0) is 14.1. The second-order valence-corrected chi connectivity index (χ2v) is 4.92. The van der Waals surface area contributed by atoms with Gasteiger partial charge in [-0.15, -0.1) is 0 Å². The molecule has 0 radical (unpaired) electrons. The molecule has 0 aliphatic carbocycles. The van der Waals surface area contributed by atoms with Gasteiger partial charge < -0.3 is 15.0 Å². The van der Waals surface area contributed by atoms with E-state index in [-0.39, 0.29) is 17.9 Å². The Morgan fingerprint density at radius 1 is 1.26 bits per heavy atom. The molecule has 1 N–H and O–H groups in total. The number of hydrogen-bond acceptors (Lipinski definition) is 3. The van der Waals surface area contributed by atoms with E-state index in [0.717, 1.165) is 25.9 Å². The fourth-order valence-electron chi connectivity index (χ4n) is 2.10. The molecule has 1 rings (SSSR count). The Morgan fingerprint density at radius 3 is 2.68 bits per heavy atom. The molecule has 0 spiro atoms. The molecule has 1 heterocycles. The molecule has 0 saturated carbocycles. The lowest BCUT2D eigenvalue weighted by Crippen LogP contribution is -2.44. The summed E-state index contributed by atoms with van der Waals surface area (Å²) in [6.45, 7) is 6.73. The number of ether oxygens (including phenoxy) is 1. The van der Waals surface area contributed by atoms with E-state index in [2.05, 4.69) is 12.2 Å². The summed E-state index contributed by atoms with van der Waals surface area (Å²) in [6, 6.07) is -0.351. The second kappa shape index (κ2) is 8.91. The average molecular weight is 270 g/mol. The first-order chi connectivity index (χ1) is 9.19. The molecule has 1 unspecified atom stereocenters. The predicted octanol–water partition coefficient (Wildman–Crippen LogP) is 1.32. The van der Waals surface area contributed by atoms with E-state index < -0.39 is 0 Å². The van der Waals surface area contributed by atoms with Gasteiger partial charge in [-0.05, 0) is 19.3 Å². The van der Waals surface area contributed by atoms with E-state index in [1.807, 2.05) is 6.92 Å². The standard InChI is InChI=1S/C14H26N2O3/c1-3-5-10-19-11-6-8-16-9-7-13(17)15-12(4-2)14(16)18/h12H,3-11H2,1-2H3,(H,15,17). The first-order valence-corrected chi connectivity index (χ1v) is 7.35. The van der Waals surface area contributed by atoms with Crippen LogP contribution in [0, 0.1) is 0 Å². The van der Waals surface area contributed by atoms with Gasteiger partial charge in [0.25, 0.3) is 0 Å². The molecule has 0 bridgehead atoms. The Hall–Kier alpha value is -1.10. The Kier molecular flexibility index (Phi) is 7.48. The minimum Gasteiger partial charge on any atom is -0.381 e. The summed E-state index contributed by atoms with van der Waals surface area (Å²) in [6.07, 6.45) is 4.10. The highest BCUT2D eigenvalue weighted by Crippen LogP contribution is 2.07. The highest BCUT2D eigenvalue weighted by atomic mass is 16.5. The lowest BCUT2D eigenvalue weighted by atomic mass is 10.2. The van der Waals surface area contributed by atoms with E-state index in [4.69, 9.17) is 4.74 Å². The van der Waals surface area contributed by atoms with Crippen molar-refractivity contribution in [3.63, 3.8) is 0 Å². The van der Waals surface area contributed by atoms with Crippen molar-refractivity contribution in [1.82, 2.24) is 10.2 Å². The summed E-state index contributed by atoms with van der Waals surface area (Å²) in [4.78, 5) is 25.4. The van der Waals surface area contributed by atoms with Gasteiger partial charge in [0, 0.05) is 32.7 Å². The highest BCUT2D eigenvalue weighted by Gasteiger charge is 2.27. The van der Waals surface area contributed by atoms with Crippen molar-refractivity contribution in [3.8, 4) is 0 Å². The van der Waals surface area contributed by atoms with Crippen molar-refractivity contribution < 1.29 is 14.3 Å². The Balaban J connectivity index is 2.30. The first-order valence-electron chi connectivity index (χ1n) is 7.35. The van der Waals surface area contributed by atoms with Crippen LogP contribution in [-0.2, 0) is 14.3 Å². The van der Waals surface area contributed by atoms with E-state index in [1.54, 1.807) is 4.90 Å². The van der Waals surface area contributed by atoms with E-state index >= 15 is 0 Å². The SMILES string of the molecule is CCCCOCCCN1CCC(=O)NC(CC)C1=O. The minimum atomic E-state index is -0.351. The first kappa shape index (κ1) is 16.0. The third-order valence-electron chi connectivity index (χ3n) is 3.32. The number of nitrogens with zero attached hydrogens (tertiary/aromatic N) is 1. The van der Waals surface area contributed by atoms with Gasteiger partial charge in [-0.2, -0.15) is 0 Å². The summed E-state index contributed by atoms with van der Waals surface area (Å²) in [7, 11) is 0. The zero-order valence-corrected chi connectivity index (χ0v) is 12.1. The van der Waals surface area contributed by atoms with Gasteiger partial charge in [-0.3, -0.25) is 9.59 Å². The molecule has 2 amide bonds. The second-order valence-electron chi connectivity index (χ2n) is 4.92. The maximum atomic E-state index is 12.2. The minimum absolute atomic E-state index is 0.0260. The maximum Gasteiger partial charge on any atom is 0.245 e. The molecule has 1 aliphatic rings. The number of nitrogens with one attached hydrogen (secondary N) is 1. The summed E-state index contributed by atoms with van der Waals surface area (Å²) in [5.74, 6) is 0.0174. The topological polar surface area (TPSA) is 58.6 Å². The van der Waals surface area contributed by atoms with Crippen LogP contribution >= 0.6 is 0 Å². The smallest absolute Gasteiger partial charge is 0.245 e. The number of carbonyl (C=O) groups excluding carboxylic acids is 2. The van der Waals surface area contributed by atoms with Crippen LogP contribution in [0.5, 0.6) is 0 Å². The van der Waals surface area contributed by atoms with Crippen LogP contribution in [0.4, 0.5) is 0 Å². The molecule has 0 aromatic carbocycles. The van der Waals surface area contributed by atoms with Crippen molar-refractivity contribution in [2.24, 2.45) is 0 Å². The Labute approximate surface area is 115 Å². The van der Waals surface area contributed by atoms with Gasteiger partial charge in [0.05, 0.1) is 0 Å². The van der Waals surface area contributed by atoms with Crippen molar-refractivity contribution in [3.05, 3.63) is 0 Å². The number of hydrogen-bond donors (Lipinski definition) is 1. The van der Waals surface area contributed by atoms with Crippen LogP contribution in [0.3, 0.4) is 0 Å². The molecule has 0 aromatic rings. The monoisotopic (exact) mass is 270 g/mol. The number of rotatable bonds is 8. The Morgan fingerprint density at radius 2 is 2.00 bits per heavy atom. The average Bonchev–Trinajstić information content (AvgIpc) is 2.54. The Bertz CT molecular complexity index is 294. The van der Waals surface area contributed by atoms with Crippen LogP contribution in [0.15, 0.2) is 0 Å². The van der Waals surface area contributed by atoms with Crippen molar-refractivity contribution in [2.75, 3.05) is 26.3 Å². The molecule has 1 atom stereocenters. The number of unbranched alkanes of at least 4 members (excludes halogenated alkanes) is 1. The van der Waals surface area contributed by atoms with Gasteiger partial charge in [0.15, 0.2) is 0 Å². The van der Waals surface area contributed by atoms with Crippen LogP contribution < -0.4 is 5.32 Å². The molecule has 1 fully saturated rings. The fraction of sp³-hybridized carbons (Fsp3) is 0.857. The van der Waals surface area contributed by atoms with Crippen molar-refractivity contribution >= 4 is 11.8 Å². The highest BCUT2D eigenvalue weighted by molar-refractivity contribution is 5.89. The third-order valence-corrected chi connectivity index (χ3v) is 3.32. The largest absolute Gasteiger partial charge is 0.381 e. The third kappa shape index (κ3) is 5.59. The number of amides is 2. The van der Waals surface area contributed by atoms with Crippen LogP contribution in [0.2, 0.25) is 0 Å². The lowest BCUT2D eigenvalue weighted by Gasteiger charge is -2.23. The summed E-state index contributed by atoms with van der Waals surface area (Å²) < 4.78 is 5.49. The summed E-state index contributed by atoms with van der Waals surface area (Å²) >= 11 is 0. The molecule has 5 heteroatoms. The maximum absolute atomic E-state index is 12.2. The van der Waals surface area contributed by atoms with Gasteiger partial charge in [-0.1, -0.05) is 20.3 Å². The molecular weight excluding hydrogens is 244 g/mol. The van der Waals surface area contributed by atoms with Gasteiger partial charge in [0.2, 0.25) is 11.8 Å². The number of carbonyl (C=O) groups is 2. The summed E-state index contributed by atoms with van der Waals surface area (Å²) in [5, 5.41) is 2.77. The predicted molar refractivity (Wildman–Crippen MR) is 73.8 cm³/mol. The van der Waals surface area contributed by atoms with Crippen LogP contribution in [0.1, 0.15) is 46.0 Å². The molecule has 110 valence electrons. The molecule has 5 nitrogen and oxygen atoms in total. The van der Waals surface area contributed by atoms with Gasteiger partial charge >= 0.3 is 0 Å². The summed E-state index contributed by atoms with van der Waals surface area (Å²) in [5.41, 5.74) is 0. The van der Waals surface area contributed by atoms with Crippen LogP contribution in [0.25, 0.3) is 0 Å². The molecule has 0 aromatic heterocycles. The normalized spacial score (nSPS) is 20.3. The van der Waals surface area contributed by atoms with Crippen molar-refractivity contribution in [2.45, 2.75) is 52.0 Å². The van der Waals surface area contributed by atoms with Gasteiger partial charge in [0.1, 0.15) is 6.04 Å². The lowest BCUT2D eigenvalue weighted by molar-refractivity contribution is -0.133. The van der Waals surface area contributed by atoms with Gasteiger partial charge in [-0.25, -0.2) is 0 Å². The molecule has 19 heavy (non-hydrogen) atoms. The van der Waals surface area contributed by atoms with E-state index in [9.17, 15) is 9.59 Å². The fourth-order valence-corrected chi connectivity index (χ4v) is 2.10. The van der Waals surface area contributed by atoms with Crippen LogP contribution in [-0.4, -0.2) is 49.1 Å². The van der Waals surface area contributed by atoms with E-state index in [0.29, 0.717) is 32.5 Å². The van der Waals surface area contributed by atoms with E-state index in [1.165, 1.54) is 0 Å². The molecule has 1 saturated heterocycles. The zero-order valence-electron chi connectivity index (χ0n) is 12.1. The quantitative estimate of drug-likeness (QED) is 0.677. The molecular formula is C14H26N2O3. The molecule has 1 aliphatic heterocycles.